The summed E-state index contributed by atoms with van der Waals surface area (Å²) >= 11 is 0. The van der Waals surface area contributed by atoms with Crippen molar-refractivity contribution < 1.29 is 14.6 Å². The van der Waals surface area contributed by atoms with Gasteiger partial charge in [-0.15, -0.1) is 0 Å². The number of hydrogen-bond donors (Lipinski definition) is 3. The second-order valence-electron chi connectivity index (χ2n) is 5.18. The molecule has 0 bridgehead atoms. The molecule has 1 aromatic carbocycles. The Labute approximate surface area is 126 Å². The summed E-state index contributed by atoms with van der Waals surface area (Å²) in [4.78, 5) is 12.0. The van der Waals surface area contributed by atoms with Gasteiger partial charge in [0.15, 0.2) is 0 Å². The van der Waals surface area contributed by atoms with Gasteiger partial charge < -0.3 is 20.5 Å². The van der Waals surface area contributed by atoms with Crippen molar-refractivity contribution in [3.8, 4) is 0 Å². The van der Waals surface area contributed by atoms with Crippen LogP contribution in [0, 0.1) is 0 Å². The third kappa shape index (κ3) is 5.73. The van der Waals surface area contributed by atoms with Crippen molar-refractivity contribution in [3.63, 3.8) is 0 Å². The zero-order valence-corrected chi connectivity index (χ0v) is 13.1. The molecule has 0 heterocycles. The lowest BCUT2D eigenvalue weighted by Crippen LogP contribution is -2.47. The van der Waals surface area contributed by atoms with Crippen molar-refractivity contribution in [2.75, 3.05) is 20.3 Å². The fraction of sp³-hybridized carbons (Fsp3) is 0.562. The fourth-order valence-electron chi connectivity index (χ4n) is 2.03. The largest absolute Gasteiger partial charge is 0.388 e. The highest BCUT2D eigenvalue weighted by Gasteiger charge is 2.23. The monoisotopic (exact) mass is 294 g/mol. The average molecular weight is 294 g/mol. The molecule has 0 radical (unpaired) electrons. The third-order valence-electron chi connectivity index (χ3n) is 3.73. The molecule has 3 N–H and O–H groups in total. The number of carbonyl (C=O) groups is 1. The van der Waals surface area contributed by atoms with Crippen molar-refractivity contribution >= 4 is 6.03 Å². The summed E-state index contributed by atoms with van der Waals surface area (Å²) in [5, 5.41) is 15.8. The summed E-state index contributed by atoms with van der Waals surface area (Å²) in [5.41, 5.74) is 0.136. The molecule has 1 aromatic rings. The Balaban J connectivity index is 2.58. The molecule has 5 nitrogen and oxygen atoms in total. The predicted octanol–water partition coefficient (Wildman–Crippen LogP) is 2.22. The van der Waals surface area contributed by atoms with Crippen LogP contribution in [-0.2, 0) is 4.74 Å². The highest BCUT2D eigenvalue weighted by Crippen LogP contribution is 2.14. The molecule has 0 fully saturated rings. The van der Waals surface area contributed by atoms with E-state index in [4.69, 9.17) is 4.74 Å². The Hall–Kier alpha value is -1.59. The first-order valence-corrected chi connectivity index (χ1v) is 7.35. The summed E-state index contributed by atoms with van der Waals surface area (Å²) in [6.45, 7) is 4.44. The SMILES string of the molecule is CCC(O)(CC)CNC(=O)NC(COC)c1ccccc1. The van der Waals surface area contributed by atoms with Gasteiger partial charge in [0.05, 0.1) is 18.2 Å². The van der Waals surface area contributed by atoms with Crippen LogP contribution < -0.4 is 10.6 Å². The number of rotatable bonds is 8. The van der Waals surface area contributed by atoms with Crippen LogP contribution in [0.5, 0.6) is 0 Å². The number of urea groups is 1. The van der Waals surface area contributed by atoms with Gasteiger partial charge in [-0.1, -0.05) is 44.2 Å². The normalized spacial score (nSPS) is 12.8. The van der Waals surface area contributed by atoms with E-state index in [-0.39, 0.29) is 18.6 Å². The number of benzene rings is 1. The zero-order chi connectivity index (χ0) is 15.7. The molecule has 0 aliphatic carbocycles. The molecule has 0 saturated carbocycles. The maximum Gasteiger partial charge on any atom is 0.315 e. The van der Waals surface area contributed by atoms with E-state index in [1.165, 1.54) is 0 Å². The molecule has 0 spiro atoms. The smallest absolute Gasteiger partial charge is 0.315 e. The van der Waals surface area contributed by atoms with E-state index in [9.17, 15) is 9.90 Å². The Morgan fingerprint density at radius 3 is 2.43 bits per heavy atom. The minimum Gasteiger partial charge on any atom is -0.388 e. The highest BCUT2D eigenvalue weighted by atomic mass is 16.5. The maximum atomic E-state index is 12.0. The van der Waals surface area contributed by atoms with Crippen molar-refractivity contribution in [3.05, 3.63) is 35.9 Å². The number of ether oxygens (including phenoxy) is 1. The molecule has 2 amide bonds. The van der Waals surface area contributed by atoms with Crippen LogP contribution in [0.15, 0.2) is 30.3 Å². The topological polar surface area (TPSA) is 70.6 Å². The molecular weight excluding hydrogens is 268 g/mol. The van der Waals surface area contributed by atoms with E-state index in [0.717, 1.165) is 5.56 Å². The summed E-state index contributed by atoms with van der Waals surface area (Å²) in [5.74, 6) is 0. The Bertz CT molecular complexity index is 419. The zero-order valence-electron chi connectivity index (χ0n) is 13.1. The minimum absolute atomic E-state index is 0.215. The molecule has 0 aliphatic heterocycles. The quantitative estimate of drug-likeness (QED) is 0.688. The van der Waals surface area contributed by atoms with Crippen LogP contribution in [0.3, 0.4) is 0 Å². The van der Waals surface area contributed by atoms with Gasteiger partial charge in [-0.25, -0.2) is 4.79 Å². The Morgan fingerprint density at radius 1 is 1.29 bits per heavy atom. The van der Waals surface area contributed by atoms with Crippen LogP contribution in [0.1, 0.15) is 38.3 Å². The standard InChI is InChI=1S/C16H26N2O3/c1-4-16(20,5-2)12-17-15(19)18-14(11-21-3)13-9-7-6-8-10-13/h6-10,14,20H,4-5,11-12H2,1-3H3,(H2,17,18,19). The summed E-state index contributed by atoms with van der Waals surface area (Å²) in [7, 11) is 1.60. The average Bonchev–Trinajstić information content (AvgIpc) is 2.53. The third-order valence-corrected chi connectivity index (χ3v) is 3.73. The van der Waals surface area contributed by atoms with Gasteiger partial charge in [-0.2, -0.15) is 0 Å². The summed E-state index contributed by atoms with van der Waals surface area (Å²) < 4.78 is 5.16. The summed E-state index contributed by atoms with van der Waals surface area (Å²) in [6.07, 6.45) is 1.20. The number of aliphatic hydroxyl groups is 1. The number of amides is 2. The van der Waals surface area contributed by atoms with Gasteiger partial charge in [0.1, 0.15) is 0 Å². The van der Waals surface area contributed by atoms with E-state index >= 15 is 0 Å². The van der Waals surface area contributed by atoms with Crippen LogP contribution in [0.2, 0.25) is 0 Å². The van der Waals surface area contributed by atoms with E-state index in [0.29, 0.717) is 19.4 Å². The molecule has 5 heteroatoms. The first kappa shape index (κ1) is 17.5. The van der Waals surface area contributed by atoms with Crippen LogP contribution in [0.4, 0.5) is 4.79 Å². The molecule has 0 aliphatic rings. The maximum absolute atomic E-state index is 12.0. The molecule has 1 rings (SSSR count). The van der Waals surface area contributed by atoms with E-state index in [1.807, 2.05) is 44.2 Å². The van der Waals surface area contributed by atoms with Gasteiger partial charge in [0.25, 0.3) is 0 Å². The van der Waals surface area contributed by atoms with E-state index in [2.05, 4.69) is 10.6 Å². The molecule has 0 aromatic heterocycles. The lowest BCUT2D eigenvalue weighted by Gasteiger charge is -2.26. The van der Waals surface area contributed by atoms with Crippen LogP contribution >= 0.6 is 0 Å². The summed E-state index contributed by atoms with van der Waals surface area (Å²) in [6, 6.07) is 9.13. The van der Waals surface area contributed by atoms with Crippen molar-refractivity contribution in [2.24, 2.45) is 0 Å². The predicted molar refractivity (Wildman–Crippen MR) is 83.1 cm³/mol. The number of hydrogen-bond acceptors (Lipinski definition) is 3. The van der Waals surface area contributed by atoms with Crippen molar-refractivity contribution in [1.82, 2.24) is 10.6 Å². The first-order valence-electron chi connectivity index (χ1n) is 7.35. The van der Waals surface area contributed by atoms with E-state index < -0.39 is 5.60 Å². The van der Waals surface area contributed by atoms with Crippen molar-refractivity contribution in [2.45, 2.75) is 38.3 Å². The van der Waals surface area contributed by atoms with E-state index in [1.54, 1.807) is 7.11 Å². The van der Waals surface area contributed by atoms with Crippen LogP contribution in [-0.4, -0.2) is 37.0 Å². The number of carbonyl (C=O) groups excluding carboxylic acids is 1. The second-order valence-corrected chi connectivity index (χ2v) is 5.18. The van der Waals surface area contributed by atoms with Gasteiger partial charge in [-0.3, -0.25) is 0 Å². The first-order chi connectivity index (χ1) is 10.0. The van der Waals surface area contributed by atoms with Crippen molar-refractivity contribution in [1.29, 1.82) is 0 Å². The lowest BCUT2D eigenvalue weighted by atomic mass is 9.98. The van der Waals surface area contributed by atoms with Gasteiger partial charge >= 0.3 is 6.03 Å². The fourth-order valence-corrected chi connectivity index (χ4v) is 2.03. The molecule has 21 heavy (non-hydrogen) atoms. The van der Waals surface area contributed by atoms with Gasteiger partial charge in [-0.05, 0) is 18.4 Å². The minimum atomic E-state index is -0.846. The molecule has 1 atom stereocenters. The Morgan fingerprint density at radius 2 is 1.90 bits per heavy atom. The van der Waals surface area contributed by atoms with Gasteiger partial charge in [0.2, 0.25) is 0 Å². The highest BCUT2D eigenvalue weighted by molar-refractivity contribution is 5.74. The lowest BCUT2D eigenvalue weighted by molar-refractivity contribution is 0.0347. The molecular formula is C16H26N2O3. The Kier molecular flexibility index (Phi) is 7.19. The molecule has 1 unspecified atom stereocenters. The second kappa shape index (κ2) is 8.64. The van der Waals surface area contributed by atoms with Gasteiger partial charge in [0, 0.05) is 13.7 Å². The molecule has 0 saturated heterocycles. The molecule has 118 valence electrons. The number of methoxy groups -OCH3 is 1. The number of nitrogens with one attached hydrogen (secondary N) is 2. The van der Waals surface area contributed by atoms with Crippen LogP contribution in [0.25, 0.3) is 0 Å².